The van der Waals surface area contributed by atoms with Crippen LogP contribution in [0, 0.1) is 0 Å². The average Bonchev–Trinajstić information content (AvgIpc) is 2.92. The summed E-state index contributed by atoms with van der Waals surface area (Å²) in [4.78, 5) is 25.7. The molecule has 0 atom stereocenters. The molecule has 38 heavy (non-hydrogen) atoms. The summed E-state index contributed by atoms with van der Waals surface area (Å²) in [5.41, 5.74) is 1.68. The number of benzene rings is 1. The molecule has 0 radical (unpaired) electrons. The summed E-state index contributed by atoms with van der Waals surface area (Å²) in [7, 11) is 3.24. The lowest BCUT2D eigenvalue weighted by atomic mass is 9.82. The van der Waals surface area contributed by atoms with Gasteiger partial charge in [0.1, 0.15) is 13.2 Å². The van der Waals surface area contributed by atoms with Gasteiger partial charge in [0.25, 0.3) is 0 Å². The number of ether oxygens (including phenoxy) is 8. The van der Waals surface area contributed by atoms with Crippen molar-refractivity contribution in [3.8, 4) is 11.5 Å². The molecular formula is C28H36O10. The van der Waals surface area contributed by atoms with Gasteiger partial charge in [0, 0.05) is 25.4 Å². The zero-order valence-electron chi connectivity index (χ0n) is 22.0. The SMILES string of the molecule is COCCOCCOCCOc1ccc2c(c1OCCOCCOCCOC)C(=O)C1=CC=CC(=O)C1=C2. The van der Waals surface area contributed by atoms with E-state index >= 15 is 0 Å². The van der Waals surface area contributed by atoms with E-state index in [4.69, 9.17) is 37.9 Å². The molecule has 3 rings (SSSR count). The maximum absolute atomic E-state index is 13.4. The van der Waals surface area contributed by atoms with Gasteiger partial charge in [-0.25, -0.2) is 0 Å². The third-order valence-corrected chi connectivity index (χ3v) is 5.56. The van der Waals surface area contributed by atoms with Gasteiger partial charge in [-0.15, -0.1) is 0 Å². The van der Waals surface area contributed by atoms with Crippen LogP contribution in [0.4, 0.5) is 0 Å². The van der Waals surface area contributed by atoms with Crippen molar-refractivity contribution in [3.63, 3.8) is 0 Å². The summed E-state index contributed by atoms with van der Waals surface area (Å²) in [5.74, 6) is 0.241. The number of hydrogen-bond acceptors (Lipinski definition) is 10. The van der Waals surface area contributed by atoms with Crippen molar-refractivity contribution < 1.29 is 47.5 Å². The highest BCUT2D eigenvalue weighted by molar-refractivity contribution is 6.28. The average molecular weight is 533 g/mol. The van der Waals surface area contributed by atoms with Gasteiger partial charge in [-0.2, -0.15) is 0 Å². The van der Waals surface area contributed by atoms with Gasteiger partial charge in [-0.3, -0.25) is 9.59 Å². The van der Waals surface area contributed by atoms with E-state index in [9.17, 15) is 9.59 Å². The van der Waals surface area contributed by atoms with E-state index in [0.717, 1.165) is 0 Å². The largest absolute Gasteiger partial charge is 0.487 e. The lowest BCUT2D eigenvalue weighted by Crippen LogP contribution is -2.21. The molecule has 0 aliphatic heterocycles. The molecule has 0 aromatic heterocycles. The van der Waals surface area contributed by atoms with Crippen LogP contribution in [-0.2, 0) is 33.2 Å². The molecule has 0 heterocycles. The van der Waals surface area contributed by atoms with Gasteiger partial charge < -0.3 is 37.9 Å². The topological polar surface area (TPSA) is 108 Å². The molecule has 10 heteroatoms. The van der Waals surface area contributed by atoms with Crippen molar-refractivity contribution in [3.05, 3.63) is 52.6 Å². The van der Waals surface area contributed by atoms with Gasteiger partial charge >= 0.3 is 0 Å². The highest BCUT2D eigenvalue weighted by Gasteiger charge is 2.32. The predicted molar refractivity (Wildman–Crippen MR) is 139 cm³/mol. The summed E-state index contributed by atoms with van der Waals surface area (Å²) in [6, 6.07) is 3.48. The van der Waals surface area contributed by atoms with Gasteiger partial charge in [-0.1, -0.05) is 18.2 Å². The van der Waals surface area contributed by atoms with Crippen molar-refractivity contribution in [1.29, 1.82) is 0 Å². The van der Waals surface area contributed by atoms with Crippen LogP contribution in [-0.4, -0.2) is 105 Å². The van der Waals surface area contributed by atoms with Crippen molar-refractivity contribution in [2.45, 2.75) is 0 Å². The Kier molecular flexibility index (Phi) is 13.2. The van der Waals surface area contributed by atoms with Crippen LogP contribution in [0.5, 0.6) is 11.5 Å². The molecule has 0 saturated heterocycles. The van der Waals surface area contributed by atoms with Gasteiger partial charge in [0.2, 0.25) is 0 Å². The summed E-state index contributed by atoms with van der Waals surface area (Å²) in [5, 5.41) is 0. The normalized spacial score (nSPS) is 14.2. The maximum Gasteiger partial charge on any atom is 0.198 e. The van der Waals surface area contributed by atoms with Crippen LogP contribution in [0.3, 0.4) is 0 Å². The molecule has 0 unspecified atom stereocenters. The van der Waals surface area contributed by atoms with Crippen LogP contribution in [0.2, 0.25) is 0 Å². The number of fused-ring (bicyclic) bond motifs is 2. The first-order valence-corrected chi connectivity index (χ1v) is 12.6. The van der Waals surface area contributed by atoms with Crippen LogP contribution in [0.25, 0.3) is 6.08 Å². The molecule has 2 aliphatic rings. The maximum atomic E-state index is 13.4. The molecule has 0 saturated carbocycles. The van der Waals surface area contributed by atoms with Crippen LogP contribution in [0.15, 0.2) is 41.5 Å². The molecule has 2 aliphatic carbocycles. The van der Waals surface area contributed by atoms with Crippen molar-refractivity contribution in [1.82, 2.24) is 0 Å². The zero-order chi connectivity index (χ0) is 27.0. The number of carbonyl (C=O) groups is 2. The Morgan fingerprint density at radius 2 is 1.18 bits per heavy atom. The summed E-state index contributed by atoms with van der Waals surface area (Å²) in [6.45, 7) is 4.88. The molecule has 0 N–H and O–H groups in total. The number of rotatable bonds is 20. The highest BCUT2D eigenvalue weighted by Crippen LogP contribution is 2.41. The lowest BCUT2D eigenvalue weighted by Gasteiger charge is -2.23. The first-order chi connectivity index (χ1) is 18.7. The minimum atomic E-state index is -0.285. The second-order valence-electron chi connectivity index (χ2n) is 8.18. The minimum absolute atomic E-state index is 0.196. The standard InChI is InChI=1S/C28H36O10/c1-31-8-10-33-12-14-35-16-18-37-25-7-6-21-20-23-22(4-3-5-24(23)29)27(30)26(21)28(25)38-19-17-36-15-13-34-11-9-32-2/h3-7,20H,8-19H2,1-2H3. The highest BCUT2D eigenvalue weighted by atomic mass is 16.6. The fourth-order valence-electron chi connectivity index (χ4n) is 3.71. The fourth-order valence-corrected chi connectivity index (χ4v) is 3.71. The van der Waals surface area contributed by atoms with E-state index in [1.54, 1.807) is 44.6 Å². The first-order valence-electron chi connectivity index (χ1n) is 12.6. The predicted octanol–water partition coefficient (Wildman–Crippen LogP) is 2.45. The molecule has 0 fully saturated rings. The Hall–Kier alpha value is -2.86. The summed E-state index contributed by atoms with van der Waals surface area (Å²) < 4.78 is 43.7. The number of hydrogen-bond donors (Lipinski definition) is 0. The van der Waals surface area contributed by atoms with Crippen LogP contribution >= 0.6 is 0 Å². The monoisotopic (exact) mass is 532 g/mol. The fraction of sp³-hybridized carbons (Fsp3) is 0.500. The molecule has 10 nitrogen and oxygen atoms in total. The smallest absolute Gasteiger partial charge is 0.198 e. The van der Waals surface area contributed by atoms with Crippen molar-refractivity contribution in [2.75, 3.05) is 93.5 Å². The second-order valence-corrected chi connectivity index (χ2v) is 8.18. The summed E-state index contributed by atoms with van der Waals surface area (Å²) in [6.07, 6.45) is 6.38. The molecular weight excluding hydrogens is 496 g/mol. The van der Waals surface area contributed by atoms with E-state index in [2.05, 4.69) is 0 Å². The molecule has 0 spiro atoms. The number of ketones is 2. The number of carbonyl (C=O) groups excluding carboxylic acids is 2. The van der Waals surface area contributed by atoms with Crippen LogP contribution < -0.4 is 9.47 Å². The van der Waals surface area contributed by atoms with Gasteiger partial charge in [0.05, 0.1) is 71.6 Å². The Bertz CT molecular complexity index is 1010. The van der Waals surface area contributed by atoms with Crippen molar-refractivity contribution in [2.24, 2.45) is 0 Å². The third kappa shape index (κ3) is 8.87. The number of methoxy groups -OCH3 is 2. The number of Topliss-reactive ketones (excluding diaryl/α,β-unsaturated/α-hetero) is 1. The molecule has 208 valence electrons. The van der Waals surface area contributed by atoms with E-state index in [1.165, 1.54) is 6.08 Å². The lowest BCUT2D eigenvalue weighted by molar-refractivity contribution is -0.111. The molecule has 1 aromatic rings. The van der Waals surface area contributed by atoms with Gasteiger partial charge in [0.15, 0.2) is 23.1 Å². The minimum Gasteiger partial charge on any atom is -0.487 e. The Balaban J connectivity index is 1.61. The first kappa shape index (κ1) is 29.7. The number of allylic oxidation sites excluding steroid dienone is 5. The van der Waals surface area contributed by atoms with E-state index in [-0.39, 0.29) is 24.8 Å². The van der Waals surface area contributed by atoms with Gasteiger partial charge in [-0.05, 0) is 23.8 Å². The molecule has 0 bridgehead atoms. The summed E-state index contributed by atoms with van der Waals surface area (Å²) >= 11 is 0. The third-order valence-electron chi connectivity index (χ3n) is 5.56. The van der Waals surface area contributed by atoms with E-state index < -0.39 is 0 Å². The zero-order valence-corrected chi connectivity index (χ0v) is 22.0. The van der Waals surface area contributed by atoms with E-state index in [1.807, 2.05) is 0 Å². The van der Waals surface area contributed by atoms with Crippen molar-refractivity contribution >= 4 is 17.6 Å². The quantitative estimate of drug-likeness (QED) is 0.232. The Morgan fingerprint density at radius 3 is 1.79 bits per heavy atom. The van der Waals surface area contributed by atoms with E-state index in [0.29, 0.717) is 99.8 Å². The molecule has 0 amide bonds. The second kappa shape index (κ2) is 16.9. The molecule has 1 aromatic carbocycles. The Morgan fingerprint density at radius 1 is 0.632 bits per heavy atom. The van der Waals surface area contributed by atoms with Crippen LogP contribution in [0.1, 0.15) is 15.9 Å². The Labute approximate surface area is 223 Å².